The smallest absolute Gasteiger partial charge is 0.269 e. The van der Waals surface area contributed by atoms with Crippen LogP contribution in [-0.4, -0.2) is 14.5 Å². The van der Waals surface area contributed by atoms with E-state index >= 15 is 0 Å². The molecule has 2 rings (SSSR count). The average Bonchev–Trinajstić information content (AvgIpc) is 2.76. The van der Waals surface area contributed by atoms with Crippen molar-refractivity contribution in [1.82, 2.24) is 14.9 Å². The first-order chi connectivity index (χ1) is 8.66. The molecule has 1 aromatic carbocycles. The zero-order valence-electron chi connectivity index (χ0n) is 10.0. The summed E-state index contributed by atoms with van der Waals surface area (Å²) < 4.78 is 1.93. The van der Waals surface area contributed by atoms with Gasteiger partial charge in [0.1, 0.15) is 0 Å². The summed E-state index contributed by atoms with van der Waals surface area (Å²) in [6, 6.07) is 6.63. The molecule has 6 heteroatoms. The average molecular weight is 246 g/mol. The second-order valence-corrected chi connectivity index (χ2v) is 4.03. The van der Waals surface area contributed by atoms with E-state index in [2.05, 4.69) is 10.3 Å². The van der Waals surface area contributed by atoms with Gasteiger partial charge >= 0.3 is 0 Å². The molecule has 1 aromatic heterocycles. The number of nitrogens with zero attached hydrogens (tertiary/aromatic N) is 3. The summed E-state index contributed by atoms with van der Waals surface area (Å²) in [7, 11) is 1.93. The lowest BCUT2D eigenvalue weighted by molar-refractivity contribution is -0.384. The van der Waals surface area contributed by atoms with Crippen molar-refractivity contribution < 1.29 is 4.92 Å². The van der Waals surface area contributed by atoms with E-state index in [1.54, 1.807) is 24.7 Å². The van der Waals surface area contributed by atoms with E-state index in [0.717, 1.165) is 11.3 Å². The first kappa shape index (κ1) is 12.3. The molecule has 0 saturated carbocycles. The first-order valence-electron chi connectivity index (χ1n) is 5.56. The Morgan fingerprint density at radius 2 is 2.28 bits per heavy atom. The molecule has 0 saturated heterocycles. The van der Waals surface area contributed by atoms with Crippen molar-refractivity contribution in [3.05, 3.63) is 58.2 Å². The fraction of sp³-hybridized carbons (Fsp3) is 0.250. The van der Waals surface area contributed by atoms with Crippen LogP contribution >= 0.6 is 0 Å². The molecule has 6 nitrogen and oxygen atoms in total. The highest BCUT2D eigenvalue weighted by Gasteiger charge is 2.05. The van der Waals surface area contributed by atoms with Gasteiger partial charge in [0.2, 0.25) is 0 Å². The topological polar surface area (TPSA) is 73.0 Å². The van der Waals surface area contributed by atoms with Gasteiger partial charge in [-0.15, -0.1) is 0 Å². The van der Waals surface area contributed by atoms with Crippen LogP contribution in [0.25, 0.3) is 0 Å². The number of nitrogens with one attached hydrogen (secondary N) is 1. The van der Waals surface area contributed by atoms with Gasteiger partial charge in [-0.1, -0.05) is 12.1 Å². The third-order valence-electron chi connectivity index (χ3n) is 2.67. The summed E-state index contributed by atoms with van der Waals surface area (Å²) in [5.41, 5.74) is 2.08. The summed E-state index contributed by atoms with van der Waals surface area (Å²) in [5, 5.41) is 13.9. The number of aryl methyl sites for hydroxylation is 1. The highest BCUT2D eigenvalue weighted by atomic mass is 16.6. The van der Waals surface area contributed by atoms with Crippen molar-refractivity contribution in [2.45, 2.75) is 13.1 Å². The maximum Gasteiger partial charge on any atom is 0.269 e. The highest BCUT2D eigenvalue weighted by molar-refractivity contribution is 5.34. The van der Waals surface area contributed by atoms with Crippen LogP contribution < -0.4 is 5.32 Å². The van der Waals surface area contributed by atoms with Gasteiger partial charge in [-0.3, -0.25) is 10.1 Å². The van der Waals surface area contributed by atoms with Crippen molar-refractivity contribution in [2.24, 2.45) is 7.05 Å². The predicted octanol–water partition coefficient (Wildman–Crippen LogP) is 1.62. The molecule has 0 bridgehead atoms. The molecule has 1 N–H and O–H groups in total. The number of hydrogen-bond acceptors (Lipinski definition) is 4. The zero-order valence-corrected chi connectivity index (χ0v) is 10.0. The van der Waals surface area contributed by atoms with E-state index in [-0.39, 0.29) is 10.6 Å². The molecule has 0 aliphatic carbocycles. The fourth-order valence-electron chi connectivity index (χ4n) is 1.67. The predicted molar refractivity (Wildman–Crippen MR) is 66.8 cm³/mol. The monoisotopic (exact) mass is 246 g/mol. The lowest BCUT2D eigenvalue weighted by Gasteiger charge is -2.05. The van der Waals surface area contributed by atoms with Crippen LogP contribution in [0.3, 0.4) is 0 Å². The molecule has 0 unspecified atom stereocenters. The van der Waals surface area contributed by atoms with Crippen molar-refractivity contribution in [3.8, 4) is 0 Å². The number of aromatic nitrogens is 2. The normalized spacial score (nSPS) is 10.5. The van der Waals surface area contributed by atoms with Crippen LogP contribution in [0.15, 0.2) is 36.8 Å². The molecule has 0 amide bonds. The van der Waals surface area contributed by atoms with Crippen LogP contribution in [0.4, 0.5) is 5.69 Å². The van der Waals surface area contributed by atoms with Gasteiger partial charge in [0.15, 0.2) is 0 Å². The molecule has 94 valence electrons. The molecule has 18 heavy (non-hydrogen) atoms. The summed E-state index contributed by atoms with van der Waals surface area (Å²) >= 11 is 0. The molecule has 0 fully saturated rings. The van der Waals surface area contributed by atoms with Gasteiger partial charge < -0.3 is 9.88 Å². The van der Waals surface area contributed by atoms with E-state index in [1.165, 1.54) is 6.07 Å². The summed E-state index contributed by atoms with van der Waals surface area (Å²) in [6.07, 6.45) is 3.53. The van der Waals surface area contributed by atoms with E-state index < -0.39 is 0 Å². The first-order valence-corrected chi connectivity index (χ1v) is 5.56. The number of imidazole rings is 1. The molecular formula is C12H14N4O2. The lowest BCUT2D eigenvalue weighted by Crippen LogP contribution is -2.14. The minimum Gasteiger partial charge on any atom is -0.337 e. The van der Waals surface area contributed by atoms with Crippen LogP contribution in [0.2, 0.25) is 0 Å². The van der Waals surface area contributed by atoms with E-state index in [9.17, 15) is 10.1 Å². The number of benzene rings is 1. The molecule has 2 aromatic rings. The van der Waals surface area contributed by atoms with Gasteiger partial charge in [0, 0.05) is 38.5 Å². The Balaban J connectivity index is 1.92. The molecular weight excluding hydrogens is 232 g/mol. The third-order valence-corrected chi connectivity index (χ3v) is 2.67. The zero-order chi connectivity index (χ0) is 13.0. The molecule has 1 heterocycles. The number of hydrogen-bond donors (Lipinski definition) is 1. The van der Waals surface area contributed by atoms with E-state index in [1.807, 2.05) is 17.7 Å². The Kier molecular flexibility index (Phi) is 3.69. The largest absolute Gasteiger partial charge is 0.337 e. The molecule has 0 spiro atoms. The minimum atomic E-state index is -0.384. The number of nitro groups is 1. The Morgan fingerprint density at radius 3 is 2.94 bits per heavy atom. The second kappa shape index (κ2) is 5.42. The maximum atomic E-state index is 10.6. The number of nitro benzene ring substituents is 1. The van der Waals surface area contributed by atoms with Gasteiger partial charge in [-0.2, -0.15) is 0 Å². The summed E-state index contributed by atoms with van der Waals surface area (Å²) in [4.78, 5) is 14.3. The van der Waals surface area contributed by atoms with Gasteiger partial charge in [-0.25, -0.2) is 4.98 Å². The molecule has 0 atom stereocenters. The second-order valence-electron chi connectivity index (χ2n) is 4.03. The Hall–Kier alpha value is -2.21. The van der Waals surface area contributed by atoms with Crippen molar-refractivity contribution in [1.29, 1.82) is 0 Å². The van der Waals surface area contributed by atoms with Crippen LogP contribution in [-0.2, 0) is 20.1 Å². The SMILES string of the molecule is Cn1cncc1CNCc1cccc([N+](=O)[O-])c1. The standard InChI is InChI=1S/C12H14N4O2/c1-15-9-14-8-12(15)7-13-6-10-3-2-4-11(5-10)16(17)18/h2-5,8-9,13H,6-7H2,1H3. The number of non-ortho nitro benzene ring substituents is 1. The Bertz CT molecular complexity index is 551. The van der Waals surface area contributed by atoms with E-state index in [0.29, 0.717) is 13.1 Å². The Labute approximate surface area is 104 Å². The molecule has 0 aliphatic heterocycles. The van der Waals surface area contributed by atoms with Crippen LogP contribution in [0.1, 0.15) is 11.3 Å². The minimum absolute atomic E-state index is 0.120. The van der Waals surface area contributed by atoms with Crippen LogP contribution in [0.5, 0.6) is 0 Å². The van der Waals surface area contributed by atoms with Gasteiger partial charge in [0.25, 0.3) is 5.69 Å². The quantitative estimate of drug-likeness (QED) is 0.642. The highest BCUT2D eigenvalue weighted by Crippen LogP contribution is 2.12. The Morgan fingerprint density at radius 1 is 1.44 bits per heavy atom. The fourth-order valence-corrected chi connectivity index (χ4v) is 1.67. The summed E-state index contributed by atoms with van der Waals surface area (Å²) in [5.74, 6) is 0. The van der Waals surface area contributed by atoms with Crippen molar-refractivity contribution in [3.63, 3.8) is 0 Å². The van der Waals surface area contributed by atoms with Crippen molar-refractivity contribution in [2.75, 3.05) is 0 Å². The van der Waals surface area contributed by atoms with Gasteiger partial charge in [0.05, 0.1) is 16.9 Å². The third kappa shape index (κ3) is 2.92. The van der Waals surface area contributed by atoms with Crippen molar-refractivity contribution >= 4 is 5.69 Å². The number of rotatable bonds is 5. The van der Waals surface area contributed by atoms with Crippen LogP contribution in [0, 0.1) is 10.1 Å². The summed E-state index contributed by atoms with van der Waals surface area (Å²) in [6.45, 7) is 1.27. The lowest BCUT2D eigenvalue weighted by atomic mass is 10.2. The maximum absolute atomic E-state index is 10.6. The molecule has 0 radical (unpaired) electrons. The van der Waals surface area contributed by atoms with Gasteiger partial charge in [-0.05, 0) is 5.56 Å². The van der Waals surface area contributed by atoms with E-state index in [4.69, 9.17) is 0 Å². The molecule has 0 aliphatic rings.